The van der Waals surface area contributed by atoms with E-state index in [4.69, 9.17) is 0 Å². The van der Waals surface area contributed by atoms with Crippen LogP contribution in [-0.2, 0) is 9.59 Å². The van der Waals surface area contributed by atoms with Crippen LogP contribution in [0.5, 0.6) is 0 Å². The average Bonchev–Trinajstić information content (AvgIpc) is 2.96. The Hall–Kier alpha value is -0.310. The van der Waals surface area contributed by atoms with Crippen molar-refractivity contribution in [3.05, 3.63) is 0 Å². The number of likely N-dealkylation sites (N-methyl/N-ethyl adjacent to an activating group) is 1. The predicted molar refractivity (Wildman–Crippen MR) is 183 cm³/mol. The second-order valence-electron chi connectivity index (χ2n) is 13.0. The van der Waals surface area contributed by atoms with Gasteiger partial charge in [-0.3, -0.25) is 14.5 Å². The first-order chi connectivity index (χ1) is 19.8. The van der Waals surface area contributed by atoms with Crippen LogP contribution in [-0.4, -0.2) is 47.1 Å². The van der Waals surface area contributed by atoms with Crippen molar-refractivity contribution in [1.82, 2.24) is 4.90 Å². The Kier molecular flexibility index (Phi) is 28.2. The van der Waals surface area contributed by atoms with Crippen molar-refractivity contribution >= 4 is 20.8 Å². The molecule has 244 valence electrons. The monoisotopic (exact) mass is 598 g/mol. The predicted octanol–water partition coefficient (Wildman–Crippen LogP) is 10.6. The minimum Gasteiger partial charge on any atom is -0.368 e. The molecule has 0 bridgehead atoms. The van der Waals surface area contributed by atoms with Gasteiger partial charge in [0, 0.05) is 12.8 Å². The van der Waals surface area contributed by atoms with Crippen molar-refractivity contribution in [2.24, 2.45) is 0 Å². The van der Waals surface area contributed by atoms with Crippen molar-refractivity contribution in [1.29, 1.82) is 0 Å². The van der Waals surface area contributed by atoms with E-state index in [1.165, 1.54) is 140 Å². The minimum absolute atomic E-state index is 0.0204. The molecular formula is C36H72NO3P. The molecule has 0 radical (unpaired) electrons. The molecule has 0 aliphatic carbocycles. The minimum atomic E-state index is -1.73. The molecule has 0 fully saturated rings. The van der Waals surface area contributed by atoms with Gasteiger partial charge < -0.3 is 5.11 Å². The lowest BCUT2D eigenvalue weighted by molar-refractivity contribution is -0.159. The van der Waals surface area contributed by atoms with Crippen LogP contribution < -0.4 is 0 Å². The van der Waals surface area contributed by atoms with E-state index in [1.54, 1.807) is 14.1 Å². The Labute approximate surface area is 259 Å². The van der Waals surface area contributed by atoms with E-state index in [0.717, 1.165) is 32.1 Å². The Morgan fingerprint density at radius 2 is 0.805 bits per heavy atom. The van der Waals surface area contributed by atoms with E-state index in [0.29, 0.717) is 12.8 Å². The van der Waals surface area contributed by atoms with Crippen LogP contribution >= 0.6 is 9.24 Å². The molecule has 4 nitrogen and oxygen atoms in total. The topological polar surface area (TPSA) is 57.6 Å². The molecule has 0 spiro atoms. The Balaban J connectivity index is 4.00. The largest absolute Gasteiger partial charge is 0.368 e. The molecule has 1 N–H and O–H groups in total. The van der Waals surface area contributed by atoms with E-state index in [2.05, 4.69) is 23.1 Å². The molecule has 5 heteroatoms. The highest BCUT2D eigenvalue weighted by Crippen LogP contribution is 2.27. The third kappa shape index (κ3) is 21.1. The van der Waals surface area contributed by atoms with Crippen LogP contribution in [0.1, 0.15) is 194 Å². The normalized spacial score (nSPS) is 13.9. The van der Waals surface area contributed by atoms with Gasteiger partial charge in [-0.15, -0.1) is 9.24 Å². The Bertz CT molecular complexity index is 612. The van der Waals surface area contributed by atoms with Gasteiger partial charge in [0.25, 0.3) is 0 Å². The molecule has 0 aliphatic rings. The molecule has 3 atom stereocenters. The summed E-state index contributed by atoms with van der Waals surface area (Å²) in [5.74, 6) is -0.239. The SMILES string of the molecule is CCCCCCCCCCCCCCCC(=O)C(P)C(O)(C(=O)CCCCCCCCCCCCCCC)N(C)C. The van der Waals surface area contributed by atoms with Gasteiger partial charge >= 0.3 is 0 Å². The number of carbonyl (C=O) groups is 2. The molecule has 0 heterocycles. The molecule has 3 unspecified atom stereocenters. The summed E-state index contributed by atoms with van der Waals surface area (Å²) in [6.07, 6.45) is 33.7. The average molecular weight is 598 g/mol. The van der Waals surface area contributed by atoms with Crippen LogP contribution in [0, 0.1) is 0 Å². The lowest BCUT2D eigenvalue weighted by atomic mass is 9.93. The maximum Gasteiger partial charge on any atom is 0.191 e. The standard InChI is InChI=1S/C36H72NO3P/c1-5-7-9-11-13-15-17-19-21-23-25-27-29-31-33(38)35(41)36(40,37(3)4)34(39)32-30-28-26-24-22-20-18-16-14-12-10-8-6-2/h35,40H,5-32,41H2,1-4H3. The van der Waals surface area contributed by atoms with E-state index in [-0.39, 0.29) is 11.6 Å². The third-order valence-electron chi connectivity index (χ3n) is 8.91. The highest BCUT2D eigenvalue weighted by Gasteiger charge is 2.46. The molecule has 0 saturated carbocycles. The number of Topliss-reactive ketones (excluding diaryl/α,β-unsaturated/α-hetero) is 2. The highest BCUT2D eigenvalue weighted by atomic mass is 31.0. The number of aliphatic hydroxyl groups is 1. The maximum atomic E-state index is 13.1. The quantitative estimate of drug-likeness (QED) is 0.0476. The van der Waals surface area contributed by atoms with Gasteiger partial charge in [-0.25, -0.2) is 0 Å². The fourth-order valence-corrected chi connectivity index (χ4v) is 6.54. The van der Waals surface area contributed by atoms with Crippen molar-refractivity contribution < 1.29 is 14.7 Å². The fourth-order valence-electron chi connectivity index (χ4n) is 5.89. The summed E-state index contributed by atoms with van der Waals surface area (Å²) in [6, 6.07) is 0. The number of hydrogen-bond acceptors (Lipinski definition) is 4. The van der Waals surface area contributed by atoms with Crippen molar-refractivity contribution in [3.63, 3.8) is 0 Å². The molecule has 41 heavy (non-hydrogen) atoms. The number of nitrogens with zero attached hydrogens (tertiary/aromatic N) is 1. The molecule has 0 aliphatic heterocycles. The zero-order valence-electron chi connectivity index (χ0n) is 28.2. The van der Waals surface area contributed by atoms with Crippen molar-refractivity contribution in [3.8, 4) is 0 Å². The first-order valence-corrected chi connectivity index (χ1v) is 18.7. The zero-order chi connectivity index (χ0) is 30.6. The molecule has 0 aromatic heterocycles. The maximum absolute atomic E-state index is 13.1. The van der Waals surface area contributed by atoms with Gasteiger partial charge in [0.2, 0.25) is 0 Å². The molecule has 0 aromatic rings. The number of rotatable bonds is 32. The summed E-state index contributed by atoms with van der Waals surface area (Å²) in [5, 5.41) is 11.3. The van der Waals surface area contributed by atoms with E-state index in [9.17, 15) is 14.7 Å². The lowest BCUT2D eigenvalue weighted by Crippen LogP contribution is -2.59. The van der Waals surface area contributed by atoms with Crippen LogP contribution in [0.3, 0.4) is 0 Å². The fraction of sp³-hybridized carbons (Fsp3) is 0.944. The molecule has 0 rings (SSSR count). The Morgan fingerprint density at radius 1 is 0.537 bits per heavy atom. The lowest BCUT2D eigenvalue weighted by Gasteiger charge is -2.37. The van der Waals surface area contributed by atoms with E-state index < -0.39 is 11.4 Å². The van der Waals surface area contributed by atoms with E-state index in [1.807, 2.05) is 0 Å². The van der Waals surface area contributed by atoms with Crippen molar-refractivity contribution in [2.45, 2.75) is 205 Å². The van der Waals surface area contributed by atoms with Crippen LogP contribution in [0.15, 0.2) is 0 Å². The van der Waals surface area contributed by atoms with Crippen LogP contribution in [0.2, 0.25) is 0 Å². The van der Waals surface area contributed by atoms with Gasteiger partial charge in [-0.1, -0.05) is 168 Å². The number of ketones is 2. The number of hydrogen-bond donors (Lipinski definition) is 1. The molecule has 0 saturated heterocycles. The molecular weight excluding hydrogens is 525 g/mol. The van der Waals surface area contributed by atoms with Crippen molar-refractivity contribution in [2.75, 3.05) is 14.1 Å². The summed E-state index contributed by atoms with van der Waals surface area (Å²) in [4.78, 5) is 27.6. The molecule has 0 aromatic carbocycles. The summed E-state index contributed by atoms with van der Waals surface area (Å²) < 4.78 is 0. The van der Waals surface area contributed by atoms with Gasteiger partial charge in [-0.05, 0) is 26.9 Å². The van der Waals surface area contributed by atoms with Gasteiger partial charge in [-0.2, -0.15) is 0 Å². The number of unbranched alkanes of at least 4 members (excludes halogenated alkanes) is 24. The van der Waals surface area contributed by atoms with Crippen LogP contribution in [0.25, 0.3) is 0 Å². The summed E-state index contributed by atoms with van der Waals surface area (Å²) in [6.45, 7) is 4.53. The third-order valence-corrected chi connectivity index (χ3v) is 9.74. The first kappa shape index (κ1) is 40.7. The zero-order valence-corrected chi connectivity index (χ0v) is 29.3. The smallest absolute Gasteiger partial charge is 0.191 e. The summed E-state index contributed by atoms with van der Waals surface area (Å²) in [5.41, 5.74) is -2.50. The second kappa shape index (κ2) is 28.5. The first-order valence-electron chi connectivity index (χ1n) is 18.0. The van der Waals surface area contributed by atoms with Gasteiger partial charge in [0.15, 0.2) is 11.5 Å². The second-order valence-corrected chi connectivity index (χ2v) is 13.6. The summed E-state index contributed by atoms with van der Waals surface area (Å²) >= 11 is 0. The van der Waals surface area contributed by atoms with Crippen LogP contribution in [0.4, 0.5) is 0 Å². The van der Waals surface area contributed by atoms with Gasteiger partial charge in [0.05, 0.1) is 5.66 Å². The Morgan fingerprint density at radius 3 is 1.10 bits per heavy atom. The van der Waals surface area contributed by atoms with E-state index >= 15 is 0 Å². The number of carbonyl (C=O) groups excluding carboxylic acids is 2. The summed E-state index contributed by atoms with van der Waals surface area (Å²) in [7, 11) is 5.90. The van der Waals surface area contributed by atoms with Gasteiger partial charge in [0.1, 0.15) is 5.78 Å². The highest BCUT2D eigenvalue weighted by molar-refractivity contribution is 7.19. The molecule has 0 amide bonds.